The number of methoxy groups -OCH3 is 1. The molecular formula is C17H34N4O3. The van der Waals surface area contributed by atoms with Crippen molar-refractivity contribution in [1.82, 2.24) is 10.2 Å². The first kappa shape index (κ1) is 20.5. The Morgan fingerprint density at radius 3 is 2.79 bits per heavy atom. The van der Waals surface area contributed by atoms with Crippen LogP contribution in [0.3, 0.4) is 0 Å². The number of hydrogen-bond donors (Lipinski definition) is 2. The van der Waals surface area contributed by atoms with Gasteiger partial charge in [0.15, 0.2) is 5.96 Å². The first-order valence-corrected chi connectivity index (χ1v) is 8.74. The summed E-state index contributed by atoms with van der Waals surface area (Å²) in [4.78, 5) is 18.3. The third-order valence-corrected chi connectivity index (χ3v) is 3.80. The van der Waals surface area contributed by atoms with Crippen molar-refractivity contribution in [3.63, 3.8) is 0 Å². The van der Waals surface area contributed by atoms with Gasteiger partial charge in [0.05, 0.1) is 6.61 Å². The molecule has 24 heavy (non-hydrogen) atoms. The first-order chi connectivity index (χ1) is 11.2. The molecule has 7 heteroatoms. The van der Waals surface area contributed by atoms with Crippen molar-refractivity contribution >= 4 is 12.1 Å². The number of ether oxygens (including phenoxy) is 2. The molecule has 0 radical (unpaired) electrons. The van der Waals surface area contributed by atoms with Crippen LogP contribution in [-0.4, -0.2) is 61.9 Å². The maximum atomic E-state index is 12.2. The van der Waals surface area contributed by atoms with Gasteiger partial charge in [-0.25, -0.2) is 4.79 Å². The first-order valence-electron chi connectivity index (χ1n) is 8.74. The summed E-state index contributed by atoms with van der Waals surface area (Å²) in [7, 11) is 1.66. The molecule has 2 atom stereocenters. The van der Waals surface area contributed by atoms with Crippen molar-refractivity contribution in [1.29, 1.82) is 0 Å². The molecule has 0 aromatic heterocycles. The third-order valence-electron chi connectivity index (χ3n) is 3.80. The molecule has 1 aliphatic heterocycles. The Kier molecular flexibility index (Phi) is 8.31. The number of amides is 1. The number of rotatable bonds is 6. The van der Waals surface area contributed by atoms with E-state index in [1.165, 1.54) is 0 Å². The quantitative estimate of drug-likeness (QED) is 0.569. The maximum absolute atomic E-state index is 12.2. The molecule has 140 valence electrons. The Bertz CT molecular complexity index is 421. The van der Waals surface area contributed by atoms with Crippen molar-refractivity contribution in [2.45, 2.75) is 58.6 Å². The van der Waals surface area contributed by atoms with Gasteiger partial charge >= 0.3 is 6.09 Å². The van der Waals surface area contributed by atoms with Crippen LogP contribution in [0.5, 0.6) is 0 Å². The fourth-order valence-electron chi connectivity index (χ4n) is 2.75. The average molecular weight is 342 g/mol. The third kappa shape index (κ3) is 8.38. The molecule has 0 bridgehead atoms. The predicted molar refractivity (Wildman–Crippen MR) is 96.1 cm³/mol. The van der Waals surface area contributed by atoms with Crippen LogP contribution in [0.1, 0.15) is 47.0 Å². The molecule has 0 saturated carbocycles. The van der Waals surface area contributed by atoms with Gasteiger partial charge < -0.3 is 25.4 Å². The molecule has 1 amide bonds. The zero-order valence-corrected chi connectivity index (χ0v) is 15.8. The Morgan fingerprint density at radius 2 is 2.17 bits per heavy atom. The normalized spacial score (nSPS) is 20.6. The van der Waals surface area contributed by atoms with Crippen molar-refractivity contribution in [2.75, 3.05) is 33.4 Å². The van der Waals surface area contributed by atoms with E-state index in [-0.39, 0.29) is 12.1 Å². The minimum atomic E-state index is -0.451. The second kappa shape index (κ2) is 9.71. The summed E-state index contributed by atoms with van der Waals surface area (Å²) < 4.78 is 10.5. The lowest BCUT2D eigenvalue weighted by molar-refractivity contribution is 0.0163. The monoisotopic (exact) mass is 342 g/mol. The molecule has 0 aromatic carbocycles. The van der Waals surface area contributed by atoms with Crippen molar-refractivity contribution in [3.8, 4) is 0 Å². The second-order valence-electron chi connectivity index (χ2n) is 7.49. The van der Waals surface area contributed by atoms with Crippen molar-refractivity contribution in [2.24, 2.45) is 16.6 Å². The van der Waals surface area contributed by atoms with Crippen molar-refractivity contribution in [3.05, 3.63) is 0 Å². The van der Waals surface area contributed by atoms with E-state index in [1.807, 2.05) is 32.6 Å². The highest BCUT2D eigenvalue weighted by molar-refractivity contribution is 5.78. The Morgan fingerprint density at radius 1 is 1.46 bits per heavy atom. The Hall–Kier alpha value is -1.50. The van der Waals surface area contributed by atoms with Gasteiger partial charge in [0.2, 0.25) is 0 Å². The lowest BCUT2D eigenvalue weighted by atomic mass is 9.95. The number of aliphatic imine (C=N–C) groups is 1. The van der Waals surface area contributed by atoms with E-state index in [2.05, 4.69) is 10.3 Å². The number of carbonyl (C=O) groups excluding carboxylic acids is 1. The summed E-state index contributed by atoms with van der Waals surface area (Å²) in [6.45, 7) is 10.4. The summed E-state index contributed by atoms with van der Waals surface area (Å²) in [6, 6.07) is 0.135. The standard InChI is InChI=1S/C17H34N4O3/c1-13(12-23-5)20-15(18)19-9-8-14-7-6-10-21(11-14)16(22)24-17(2,3)4/h13-14H,6-12H2,1-5H3,(H3,18,19,20). The van der Waals surface area contributed by atoms with Crippen LogP contribution in [0.2, 0.25) is 0 Å². The fourth-order valence-corrected chi connectivity index (χ4v) is 2.75. The zero-order chi connectivity index (χ0) is 18.2. The summed E-state index contributed by atoms with van der Waals surface area (Å²) in [5.74, 6) is 0.888. The van der Waals surface area contributed by atoms with Gasteiger partial charge in [0.25, 0.3) is 0 Å². The highest BCUT2D eigenvalue weighted by atomic mass is 16.6. The molecule has 1 heterocycles. The van der Waals surface area contributed by atoms with E-state index in [0.717, 1.165) is 32.4 Å². The number of nitrogens with two attached hydrogens (primary N) is 1. The predicted octanol–water partition coefficient (Wildman–Crippen LogP) is 1.96. The van der Waals surface area contributed by atoms with Crippen molar-refractivity contribution < 1.29 is 14.3 Å². The van der Waals surface area contributed by atoms with Crippen LogP contribution >= 0.6 is 0 Å². The van der Waals surface area contributed by atoms with E-state index < -0.39 is 5.60 Å². The van der Waals surface area contributed by atoms with Crippen LogP contribution in [0.4, 0.5) is 4.79 Å². The largest absolute Gasteiger partial charge is 0.444 e. The fraction of sp³-hybridized carbons (Fsp3) is 0.882. The molecule has 1 aliphatic rings. The smallest absolute Gasteiger partial charge is 0.410 e. The van der Waals surface area contributed by atoms with E-state index in [9.17, 15) is 4.79 Å². The summed E-state index contributed by atoms with van der Waals surface area (Å²) in [6.07, 6.45) is 2.82. The number of piperidine rings is 1. The van der Waals surface area contributed by atoms with Gasteiger partial charge in [-0.15, -0.1) is 0 Å². The number of carbonyl (C=O) groups is 1. The molecule has 0 spiro atoms. The molecule has 3 N–H and O–H groups in total. The molecule has 7 nitrogen and oxygen atoms in total. The highest BCUT2D eigenvalue weighted by Crippen LogP contribution is 2.21. The Balaban J connectivity index is 2.36. The topological polar surface area (TPSA) is 89.2 Å². The zero-order valence-electron chi connectivity index (χ0n) is 15.8. The molecule has 2 unspecified atom stereocenters. The highest BCUT2D eigenvalue weighted by Gasteiger charge is 2.27. The van der Waals surface area contributed by atoms with Gasteiger partial charge in [-0.1, -0.05) is 0 Å². The molecule has 0 aromatic rings. The summed E-state index contributed by atoms with van der Waals surface area (Å²) in [5.41, 5.74) is 5.41. The lowest BCUT2D eigenvalue weighted by Gasteiger charge is -2.34. The van der Waals surface area contributed by atoms with Crippen LogP contribution in [0.25, 0.3) is 0 Å². The second-order valence-corrected chi connectivity index (χ2v) is 7.49. The van der Waals surface area contributed by atoms with Gasteiger partial charge in [0, 0.05) is 32.8 Å². The number of guanidine groups is 1. The molecule has 1 rings (SSSR count). The summed E-state index contributed by atoms with van der Waals surface area (Å²) in [5, 5.41) is 3.09. The van der Waals surface area contributed by atoms with Crippen LogP contribution in [0.15, 0.2) is 4.99 Å². The van der Waals surface area contributed by atoms with E-state index in [4.69, 9.17) is 15.2 Å². The maximum Gasteiger partial charge on any atom is 0.410 e. The number of likely N-dealkylation sites (tertiary alicyclic amines) is 1. The van der Waals surface area contributed by atoms with Crippen LogP contribution in [-0.2, 0) is 9.47 Å². The van der Waals surface area contributed by atoms with Crippen LogP contribution < -0.4 is 11.1 Å². The minimum absolute atomic E-state index is 0.135. The average Bonchev–Trinajstić information content (AvgIpc) is 2.46. The van der Waals surface area contributed by atoms with Gasteiger partial charge in [-0.2, -0.15) is 0 Å². The molecule has 1 fully saturated rings. The Labute approximate surface area is 146 Å². The number of nitrogens with zero attached hydrogens (tertiary/aromatic N) is 2. The van der Waals surface area contributed by atoms with Gasteiger partial charge in [-0.3, -0.25) is 4.99 Å². The number of nitrogens with one attached hydrogen (secondary N) is 1. The summed E-state index contributed by atoms with van der Waals surface area (Å²) >= 11 is 0. The molecular weight excluding hydrogens is 308 g/mol. The van der Waals surface area contributed by atoms with Gasteiger partial charge in [0.1, 0.15) is 5.60 Å². The SMILES string of the molecule is COCC(C)NC(N)=NCCC1CCCN(C(=O)OC(C)(C)C)C1. The van der Waals surface area contributed by atoms with Gasteiger partial charge in [-0.05, 0) is 52.9 Å². The van der Waals surface area contributed by atoms with Crippen LogP contribution in [0, 0.1) is 5.92 Å². The molecule has 0 aliphatic carbocycles. The van der Waals surface area contributed by atoms with E-state index in [0.29, 0.717) is 25.0 Å². The molecule has 1 saturated heterocycles. The lowest BCUT2D eigenvalue weighted by Crippen LogP contribution is -2.43. The number of hydrogen-bond acceptors (Lipinski definition) is 4. The minimum Gasteiger partial charge on any atom is -0.444 e. The van der Waals surface area contributed by atoms with E-state index >= 15 is 0 Å². The van der Waals surface area contributed by atoms with E-state index in [1.54, 1.807) is 7.11 Å².